The number of ether oxygens (including phenoxy) is 3. The van der Waals surface area contributed by atoms with Crippen molar-refractivity contribution in [1.29, 1.82) is 0 Å². The fraction of sp³-hybridized carbons (Fsp3) is 0.370. The number of allylic oxidation sites excluding steroid dienone is 1. The summed E-state index contributed by atoms with van der Waals surface area (Å²) >= 11 is 0. The SMILES string of the molecule is COC(=O)C1C(C)=NC(C)=C(C(=O)OCCc2ccc(OCCCO)cc2)C1c1cccc([N+](=O)[O-])c1. The van der Waals surface area contributed by atoms with Crippen molar-refractivity contribution >= 4 is 23.3 Å². The van der Waals surface area contributed by atoms with E-state index in [0.29, 0.717) is 42.2 Å². The van der Waals surface area contributed by atoms with Crippen LogP contribution in [0.4, 0.5) is 5.69 Å². The summed E-state index contributed by atoms with van der Waals surface area (Å²) in [5.74, 6) is -2.36. The second-order valence-electron chi connectivity index (χ2n) is 8.54. The number of carbonyl (C=O) groups excluding carboxylic acids is 2. The van der Waals surface area contributed by atoms with Crippen molar-refractivity contribution in [2.45, 2.75) is 32.6 Å². The number of esters is 2. The van der Waals surface area contributed by atoms with E-state index in [1.807, 2.05) is 12.1 Å². The first-order valence-electron chi connectivity index (χ1n) is 11.8. The molecule has 0 saturated carbocycles. The Labute approximate surface area is 214 Å². The highest BCUT2D eigenvalue weighted by Gasteiger charge is 2.42. The zero-order valence-corrected chi connectivity index (χ0v) is 21.0. The molecule has 0 saturated heterocycles. The summed E-state index contributed by atoms with van der Waals surface area (Å²) in [6.07, 6.45) is 0.990. The monoisotopic (exact) mass is 510 g/mol. The lowest BCUT2D eigenvalue weighted by atomic mass is 9.75. The van der Waals surface area contributed by atoms with E-state index in [9.17, 15) is 19.7 Å². The molecule has 0 aliphatic carbocycles. The summed E-state index contributed by atoms with van der Waals surface area (Å²) in [5.41, 5.74) is 2.17. The summed E-state index contributed by atoms with van der Waals surface area (Å²) in [6.45, 7) is 3.87. The molecular weight excluding hydrogens is 480 g/mol. The number of hydrogen-bond acceptors (Lipinski definition) is 9. The highest BCUT2D eigenvalue weighted by atomic mass is 16.6. The van der Waals surface area contributed by atoms with Gasteiger partial charge in [0.05, 0.1) is 30.8 Å². The van der Waals surface area contributed by atoms with Crippen molar-refractivity contribution in [3.8, 4) is 5.75 Å². The quantitative estimate of drug-likeness (QED) is 0.209. The first-order chi connectivity index (χ1) is 17.8. The topological polar surface area (TPSA) is 138 Å². The van der Waals surface area contributed by atoms with E-state index in [0.717, 1.165) is 5.56 Å². The first kappa shape index (κ1) is 27.5. The lowest BCUT2D eigenvalue weighted by Gasteiger charge is -2.31. The highest BCUT2D eigenvalue weighted by molar-refractivity contribution is 6.07. The minimum absolute atomic E-state index is 0.0621. The standard InChI is InChI=1S/C27H30N2O8/c1-17-23(26(31)35-3)25(20-6-4-7-21(16-20)29(33)34)24(18(2)28-17)27(32)37-15-12-19-8-10-22(11-9-19)36-14-5-13-30/h4,6-11,16,23,25,30H,5,12-15H2,1-3H3. The van der Waals surface area contributed by atoms with E-state index < -0.39 is 28.7 Å². The van der Waals surface area contributed by atoms with Gasteiger partial charge in [-0.3, -0.25) is 19.9 Å². The maximum absolute atomic E-state index is 13.3. The Morgan fingerprint density at radius 2 is 1.84 bits per heavy atom. The molecule has 0 spiro atoms. The van der Waals surface area contributed by atoms with Crippen LogP contribution in [-0.4, -0.2) is 54.6 Å². The van der Waals surface area contributed by atoms with Gasteiger partial charge in [0.1, 0.15) is 11.7 Å². The normalized spacial score (nSPS) is 17.1. The van der Waals surface area contributed by atoms with Crippen LogP contribution in [-0.2, 0) is 25.5 Å². The average Bonchev–Trinajstić information content (AvgIpc) is 2.88. The second-order valence-corrected chi connectivity index (χ2v) is 8.54. The zero-order chi connectivity index (χ0) is 26.9. The van der Waals surface area contributed by atoms with Gasteiger partial charge in [-0.1, -0.05) is 24.3 Å². The number of benzene rings is 2. The number of aliphatic hydroxyl groups is 1. The van der Waals surface area contributed by atoms with Crippen molar-refractivity contribution in [2.24, 2.45) is 10.9 Å². The predicted octanol–water partition coefficient (Wildman–Crippen LogP) is 3.76. The molecule has 2 aromatic rings. The summed E-state index contributed by atoms with van der Waals surface area (Å²) in [4.78, 5) is 41.3. The molecular formula is C27H30N2O8. The molecule has 2 unspecified atom stereocenters. The van der Waals surface area contributed by atoms with E-state index in [2.05, 4.69) is 4.99 Å². The lowest BCUT2D eigenvalue weighted by molar-refractivity contribution is -0.384. The number of non-ortho nitro benzene ring substituents is 1. The Hall–Kier alpha value is -4.05. The third-order valence-electron chi connectivity index (χ3n) is 6.06. The highest BCUT2D eigenvalue weighted by Crippen LogP contribution is 2.40. The fourth-order valence-corrected chi connectivity index (χ4v) is 4.27. The van der Waals surface area contributed by atoms with Gasteiger partial charge in [0.2, 0.25) is 0 Å². The zero-order valence-electron chi connectivity index (χ0n) is 21.0. The van der Waals surface area contributed by atoms with Crippen LogP contribution >= 0.6 is 0 Å². The van der Waals surface area contributed by atoms with Gasteiger partial charge in [0, 0.05) is 48.9 Å². The maximum Gasteiger partial charge on any atom is 0.336 e. The van der Waals surface area contributed by atoms with Gasteiger partial charge in [-0.05, 0) is 37.1 Å². The Bertz CT molecular complexity index is 1200. The molecule has 37 heavy (non-hydrogen) atoms. The van der Waals surface area contributed by atoms with E-state index >= 15 is 0 Å². The van der Waals surface area contributed by atoms with Gasteiger partial charge >= 0.3 is 11.9 Å². The molecule has 1 aliphatic rings. The molecule has 0 bridgehead atoms. The predicted molar refractivity (Wildman–Crippen MR) is 135 cm³/mol. The van der Waals surface area contributed by atoms with Crippen LogP contribution in [0.15, 0.2) is 64.8 Å². The third-order valence-corrected chi connectivity index (χ3v) is 6.06. The van der Waals surface area contributed by atoms with Crippen molar-refractivity contribution < 1.29 is 33.8 Å². The number of nitrogens with zero attached hydrogens (tertiary/aromatic N) is 2. The molecule has 1 aliphatic heterocycles. The Kier molecular flexibility index (Phi) is 9.51. The van der Waals surface area contributed by atoms with Crippen LogP contribution in [0.2, 0.25) is 0 Å². The number of nitro benzene ring substituents is 1. The number of methoxy groups -OCH3 is 1. The molecule has 3 rings (SSSR count). The van der Waals surface area contributed by atoms with E-state index in [1.165, 1.54) is 25.3 Å². The molecule has 10 nitrogen and oxygen atoms in total. The van der Waals surface area contributed by atoms with Crippen molar-refractivity contribution in [3.63, 3.8) is 0 Å². The molecule has 1 heterocycles. The summed E-state index contributed by atoms with van der Waals surface area (Å²) in [6, 6.07) is 13.2. The van der Waals surface area contributed by atoms with Crippen LogP contribution < -0.4 is 4.74 Å². The number of aliphatic hydroxyl groups excluding tert-OH is 1. The first-order valence-corrected chi connectivity index (χ1v) is 11.8. The third kappa shape index (κ3) is 6.79. The van der Waals surface area contributed by atoms with Crippen molar-refractivity contribution in [3.05, 3.63) is 81.0 Å². The molecule has 2 aromatic carbocycles. The number of nitro groups is 1. The van der Waals surface area contributed by atoms with Crippen LogP contribution in [0.1, 0.15) is 37.3 Å². The minimum atomic E-state index is -0.934. The van der Waals surface area contributed by atoms with Crippen LogP contribution in [0.25, 0.3) is 0 Å². The average molecular weight is 511 g/mol. The molecule has 10 heteroatoms. The molecule has 196 valence electrons. The van der Waals surface area contributed by atoms with Gasteiger partial charge in [0.15, 0.2) is 0 Å². The summed E-state index contributed by atoms with van der Waals surface area (Å²) < 4.78 is 16.1. The van der Waals surface area contributed by atoms with E-state index in [-0.39, 0.29) is 24.5 Å². The molecule has 2 atom stereocenters. The van der Waals surface area contributed by atoms with E-state index in [1.54, 1.807) is 32.0 Å². The van der Waals surface area contributed by atoms with Crippen LogP contribution in [0.5, 0.6) is 5.75 Å². The molecule has 0 amide bonds. The van der Waals surface area contributed by atoms with Crippen molar-refractivity contribution in [2.75, 3.05) is 26.9 Å². The number of carbonyl (C=O) groups is 2. The van der Waals surface area contributed by atoms with E-state index in [4.69, 9.17) is 19.3 Å². The molecule has 0 radical (unpaired) electrons. The van der Waals surface area contributed by atoms with Crippen molar-refractivity contribution in [1.82, 2.24) is 0 Å². The maximum atomic E-state index is 13.3. The largest absolute Gasteiger partial charge is 0.494 e. The van der Waals surface area contributed by atoms with Gasteiger partial charge < -0.3 is 19.3 Å². The smallest absolute Gasteiger partial charge is 0.336 e. The minimum Gasteiger partial charge on any atom is -0.494 e. The van der Waals surface area contributed by atoms with Gasteiger partial charge in [0.25, 0.3) is 5.69 Å². The number of rotatable bonds is 11. The second kappa shape index (κ2) is 12.8. The van der Waals surface area contributed by atoms with Gasteiger partial charge in [-0.25, -0.2) is 4.79 Å². The van der Waals surface area contributed by atoms with Gasteiger partial charge in [-0.2, -0.15) is 0 Å². The molecule has 0 aromatic heterocycles. The Morgan fingerprint density at radius 3 is 2.49 bits per heavy atom. The Balaban J connectivity index is 1.80. The number of hydrogen-bond donors (Lipinski definition) is 1. The fourth-order valence-electron chi connectivity index (χ4n) is 4.27. The van der Waals surface area contributed by atoms with Crippen LogP contribution in [0, 0.1) is 16.0 Å². The molecule has 0 fully saturated rings. The lowest BCUT2D eigenvalue weighted by Crippen LogP contribution is -2.36. The number of aliphatic imine (C=N–C) groups is 1. The summed E-state index contributed by atoms with van der Waals surface area (Å²) in [5, 5.41) is 20.2. The molecule has 1 N–H and O–H groups in total. The van der Waals surface area contributed by atoms with Crippen LogP contribution in [0.3, 0.4) is 0 Å². The Morgan fingerprint density at radius 1 is 1.11 bits per heavy atom. The summed E-state index contributed by atoms with van der Waals surface area (Å²) in [7, 11) is 1.24. The van der Waals surface area contributed by atoms with Gasteiger partial charge in [-0.15, -0.1) is 0 Å².